The number of benzene rings is 2. The summed E-state index contributed by atoms with van der Waals surface area (Å²) in [4.78, 5) is 66.5. The van der Waals surface area contributed by atoms with E-state index in [0.717, 1.165) is 25.7 Å². The molecule has 0 radical (unpaired) electrons. The summed E-state index contributed by atoms with van der Waals surface area (Å²) in [7, 11) is 1.41. The molecule has 4 amide bonds. The van der Waals surface area contributed by atoms with E-state index >= 15 is 0 Å². The van der Waals surface area contributed by atoms with Gasteiger partial charge in [0.1, 0.15) is 29.6 Å². The largest absolute Gasteiger partial charge is 0.507 e. The maximum atomic E-state index is 14.0. The first kappa shape index (κ1) is 36.8. The quantitative estimate of drug-likeness (QED) is 0.149. The van der Waals surface area contributed by atoms with Gasteiger partial charge >= 0.3 is 5.97 Å². The summed E-state index contributed by atoms with van der Waals surface area (Å²) in [6.07, 6.45) is 6.37. The number of phenols is 2. The van der Waals surface area contributed by atoms with Gasteiger partial charge in [0.05, 0.1) is 6.54 Å². The van der Waals surface area contributed by atoms with E-state index in [4.69, 9.17) is 5.73 Å². The predicted molar refractivity (Wildman–Crippen MR) is 175 cm³/mol. The predicted octanol–water partition coefficient (Wildman–Crippen LogP) is 2.48. The van der Waals surface area contributed by atoms with Crippen LogP contribution in [-0.4, -0.2) is 82.0 Å². The topological polar surface area (TPSA) is 211 Å². The molecule has 256 valence electrons. The number of carboxylic acids is 1. The third-order valence-electron chi connectivity index (χ3n) is 8.25. The fourth-order valence-electron chi connectivity index (χ4n) is 5.64. The van der Waals surface area contributed by atoms with Gasteiger partial charge in [-0.15, -0.1) is 0 Å². The number of hydrogen-bond acceptors (Lipinski definition) is 8. The van der Waals surface area contributed by atoms with Crippen molar-refractivity contribution in [3.05, 3.63) is 47.5 Å². The summed E-state index contributed by atoms with van der Waals surface area (Å²) >= 11 is 0. The number of amides is 4. The third-order valence-corrected chi connectivity index (χ3v) is 8.25. The second-order valence-electron chi connectivity index (χ2n) is 11.9. The van der Waals surface area contributed by atoms with Crippen LogP contribution in [0.15, 0.2) is 36.4 Å². The van der Waals surface area contributed by atoms with Gasteiger partial charge in [-0.1, -0.05) is 44.7 Å². The Kier molecular flexibility index (Phi) is 14.0. The van der Waals surface area contributed by atoms with E-state index in [1.54, 1.807) is 0 Å². The van der Waals surface area contributed by atoms with Crippen molar-refractivity contribution in [1.29, 1.82) is 0 Å². The molecule has 1 aliphatic rings. The lowest BCUT2D eigenvalue weighted by Gasteiger charge is -2.32. The van der Waals surface area contributed by atoms with E-state index in [0.29, 0.717) is 31.4 Å². The van der Waals surface area contributed by atoms with Crippen LogP contribution in [-0.2, 0) is 30.4 Å². The zero-order chi connectivity index (χ0) is 34.5. The Balaban J connectivity index is 2.01. The number of likely N-dealkylation sites (N-methyl/N-ethyl adjacent to an activating group) is 1. The van der Waals surface area contributed by atoms with Crippen molar-refractivity contribution < 1.29 is 39.3 Å². The molecule has 47 heavy (non-hydrogen) atoms. The molecule has 0 aliphatic carbocycles. The average Bonchev–Trinajstić information content (AvgIpc) is 3.04. The fraction of sp³-hybridized carbons (Fsp3) is 0.500. The second-order valence-corrected chi connectivity index (χ2v) is 11.9. The van der Waals surface area contributed by atoms with Crippen LogP contribution < -0.4 is 21.7 Å². The highest BCUT2D eigenvalue weighted by Gasteiger charge is 2.34. The Morgan fingerprint density at radius 2 is 1.66 bits per heavy atom. The summed E-state index contributed by atoms with van der Waals surface area (Å²) in [5.74, 6) is -4.07. The lowest BCUT2D eigenvalue weighted by atomic mass is 9.94. The molecule has 8 N–H and O–H groups in total. The smallest absolute Gasteiger partial charge is 0.326 e. The molecule has 0 fully saturated rings. The molecule has 2 aromatic rings. The SMILES string of the molecule is CCCCCCCC(=O)N[C@@H](CCCCN)C(=O)N(C)[C@@H]1C(=O)NCC(=O)N[C@H](C(=O)O)Cc2ccc(O)c(c2)-c2cc1ccc2O. The van der Waals surface area contributed by atoms with E-state index in [2.05, 4.69) is 22.9 Å². The van der Waals surface area contributed by atoms with Crippen molar-refractivity contribution in [2.75, 3.05) is 20.1 Å². The highest BCUT2D eigenvalue weighted by atomic mass is 16.4. The highest BCUT2D eigenvalue weighted by Crippen LogP contribution is 2.38. The van der Waals surface area contributed by atoms with E-state index in [-0.39, 0.29) is 53.4 Å². The lowest BCUT2D eigenvalue weighted by molar-refractivity contribution is -0.143. The van der Waals surface area contributed by atoms with Gasteiger partial charge in [0.15, 0.2) is 0 Å². The van der Waals surface area contributed by atoms with Crippen LogP contribution in [0.25, 0.3) is 11.1 Å². The van der Waals surface area contributed by atoms with Gasteiger partial charge in [0, 0.05) is 31.0 Å². The molecule has 0 spiro atoms. The van der Waals surface area contributed by atoms with Gasteiger partial charge in [-0.05, 0) is 67.6 Å². The first-order valence-corrected chi connectivity index (χ1v) is 16.2. The molecule has 1 heterocycles. The molecule has 4 bridgehead atoms. The number of carbonyl (C=O) groups excluding carboxylic acids is 4. The van der Waals surface area contributed by atoms with Crippen molar-refractivity contribution in [1.82, 2.24) is 20.9 Å². The number of aliphatic carboxylic acids is 1. The molecule has 3 atom stereocenters. The Morgan fingerprint density at radius 1 is 0.979 bits per heavy atom. The van der Waals surface area contributed by atoms with Gasteiger partial charge in [-0.3, -0.25) is 19.2 Å². The number of nitrogens with two attached hydrogens (primary N) is 1. The normalized spacial score (nSPS) is 17.1. The Hall–Kier alpha value is -4.65. The molecule has 13 heteroatoms. The molecule has 13 nitrogen and oxygen atoms in total. The molecule has 3 rings (SSSR count). The number of hydrogen-bond donors (Lipinski definition) is 7. The summed E-state index contributed by atoms with van der Waals surface area (Å²) in [5, 5.41) is 39.0. The van der Waals surface area contributed by atoms with E-state index in [1.807, 2.05) is 0 Å². The minimum atomic E-state index is -1.34. The van der Waals surface area contributed by atoms with Crippen LogP contribution in [0, 0.1) is 0 Å². The maximum Gasteiger partial charge on any atom is 0.326 e. The van der Waals surface area contributed by atoms with Crippen molar-refractivity contribution in [2.45, 2.75) is 89.3 Å². The third kappa shape index (κ3) is 10.4. The first-order chi connectivity index (χ1) is 22.5. The number of unbranched alkanes of at least 4 members (excludes halogenated alkanes) is 5. The van der Waals surface area contributed by atoms with Crippen LogP contribution in [0.4, 0.5) is 0 Å². The minimum Gasteiger partial charge on any atom is -0.507 e. The van der Waals surface area contributed by atoms with Gasteiger partial charge in [-0.25, -0.2) is 4.79 Å². The van der Waals surface area contributed by atoms with Gasteiger partial charge < -0.3 is 41.9 Å². The standard InChI is InChI=1S/C34H47N5O8/c1-3-4-5-6-7-11-29(42)37-25(10-8-9-16-35)33(45)39(2)31-22-13-15-28(41)24(19-22)23-17-21(12-14-27(23)40)18-26(34(46)47)38-30(43)20-36-32(31)44/h12-15,17,19,25-26,31,40-41H,3-11,16,18,20,35H2,1-2H3,(H,36,44)(H,37,42)(H,38,43)(H,46,47)/t25-,26-,31-/m0/s1. The van der Waals surface area contributed by atoms with Crippen LogP contribution in [0.5, 0.6) is 11.5 Å². The number of nitrogens with one attached hydrogen (secondary N) is 3. The monoisotopic (exact) mass is 653 g/mol. The number of nitrogens with zero attached hydrogens (tertiary/aromatic N) is 1. The van der Waals surface area contributed by atoms with Crippen LogP contribution in [0.2, 0.25) is 0 Å². The summed E-state index contributed by atoms with van der Waals surface area (Å²) < 4.78 is 0. The van der Waals surface area contributed by atoms with Crippen molar-refractivity contribution in [2.24, 2.45) is 5.73 Å². The maximum absolute atomic E-state index is 14.0. The molecule has 0 saturated heterocycles. The van der Waals surface area contributed by atoms with Crippen LogP contribution >= 0.6 is 0 Å². The second kappa shape index (κ2) is 17.9. The minimum absolute atomic E-state index is 0.126. The Morgan fingerprint density at radius 3 is 2.34 bits per heavy atom. The Bertz CT molecular complexity index is 1430. The molecule has 0 unspecified atom stereocenters. The number of phenolic OH excluding ortho intramolecular Hbond substituents is 2. The number of rotatable bonds is 14. The van der Waals surface area contributed by atoms with E-state index in [9.17, 15) is 39.3 Å². The summed E-state index contributed by atoms with van der Waals surface area (Å²) in [6, 6.07) is 4.97. The average molecular weight is 654 g/mol. The van der Waals surface area contributed by atoms with Crippen molar-refractivity contribution >= 4 is 29.6 Å². The highest BCUT2D eigenvalue weighted by molar-refractivity contribution is 5.95. The lowest BCUT2D eigenvalue weighted by Crippen LogP contribution is -2.52. The van der Waals surface area contributed by atoms with Gasteiger partial charge in [0.2, 0.25) is 23.6 Å². The van der Waals surface area contributed by atoms with Crippen LogP contribution in [0.1, 0.15) is 81.9 Å². The number of aromatic hydroxyl groups is 2. The fourth-order valence-corrected chi connectivity index (χ4v) is 5.64. The van der Waals surface area contributed by atoms with Crippen molar-refractivity contribution in [3.63, 3.8) is 0 Å². The van der Waals surface area contributed by atoms with Gasteiger partial charge in [-0.2, -0.15) is 0 Å². The van der Waals surface area contributed by atoms with E-state index < -0.39 is 48.4 Å². The zero-order valence-electron chi connectivity index (χ0n) is 27.1. The first-order valence-electron chi connectivity index (χ1n) is 16.2. The Labute approximate surface area is 274 Å². The number of carbonyl (C=O) groups is 5. The van der Waals surface area contributed by atoms with Crippen molar-refractivity contribution in [3.8, 4) is 22.6 Å². The summed E-state index contributed by atoms with van der Waals surface area (Å²) in [5.41, 5.74) is 6.70. The van der Waals surface area contributed by atoms with E-state index in [1.165, 1.54) is 48.3 Å². The summed E-state index contributed by atoms with van der Waals surface area (Å²) in [6.45, 7) is 1.94. The van der Waals surface area contributed by atoms with Gasteiger partial charge in [0.25, 0.3) is 0 Å². The zero-order valence-corrected chi connectivity index (χ0v) is 27.1. The molecular formula is C34H47N5O8. The molecule has 0 saturated carbocycles. The number of carboxylic acid groups (broad SMARTS) is 1. The molecular weight excluding hydrogens is 606 g/mol. The molecule has 2 aromatic carbocycles. The molecule has 0 aromatic heterocycles. The molecule has 1 aliphatic heterocycles. The number of fused-ring (bicyclic) bond motifs is 5. The van der Waals surface area contributed by atoms with Crippen LogP contribution in [0.3, 0.4) is 0 Å².